The Balaban J connectivity index is 2.18. The second-order valence-corrected chi connectivity index (χ2v) is 7.18. The molecule has 0 aromatic heterocycles. The topological polar surface area (TPSA) is 54.4 Å². The predicted molar refractivity (Wildman–Crippen MR) is 80.1 cm³/mol. The highest BCUT2D eigenvalue weighted by molar-refractivity contribution is 7.89. The molecule has 0 unspecified atom stereocenters. The van der Waals surface area contributed by atoms with E-state index in [4.69, 9.17) is 16.7 Å². The van der Waals surface area contributed by atoms with Crippen molar-refractivity contribution < 1.29 is 17.9 Å². The van der Waals surface area contributed by atoms with Crippen LogP contribution in [-0.2, 0) is 27.9 Å². The van der Waals surface area contributed by atoms with Crippen molar-refractivity contribution in [3.63, 3.8) is 0 Å². The van der Waals surface area contributed by atoms with Crippen molar-refractivity contribution in [1.82, 2.24) is 0 Å². The number of hydrogen-bond donors (Lipinski definition) is 1. The van der Waals surface area contributed by atoms with E-state index in [1.54, 1.807) is 24.3 Å². The molecule has 1 N–H and O–H groups in total. The van der Waals surface area contributed by atoms with E-state index in [9.17, 15) is 12.8 Å². The van der Waals surface area contributed by atoms with Crippen LogP contribution in [0.3, 0.4) is 0 Å². The Morgan fingerprint density at radius 1 is 1.00 bits per heavy atom. The molecule has 0 aliphatic heterocycles. The van der Waals surface area contributed by atoms with Gasteiger partial charge in [-0.3, -0.25) is 0 Å². The van der Waals surface area contributed by atoms with Gasteiger partial charge < -0.3 is 5.11 Å². The van der Waals surface area contributed by atoms with Gasteiger partial charge in [0.05, 0.1) is 18.1 Å². The lowest BCUT2D eigenvalue weighted by molar-refractivity contribution is 0.282. The van der Waals surface area contributed by atoms with Gasteiger partial charge >= 0.3 is 0 Å². The van der Waals surface area contributed by atoms with Gasteiger partial charge in [0.1, 0.15) is 5.82 Å². The van der Waals surface area contributed by atoms with E-state index in [-0.39, 0.29) is 22.9 Å². The molecule has 0 amide bonds. The summed E-state index contributed by atoms with van der Waals surface area (Å²) in [6, 6.07) is 10.7. The number of halogens is 2. The Bertz CT molecular complexity index is 707. The van der Waals surface area contributed by atoms with Crippen LogP contribution in [0.2, 0.25) is 5.02 Å². The van der Waals surface area contributed by atoms with Gasteiger partial charge in [-0.1, -0.05) is 41.9 Å². The van der Waals surface area contributed by atoms with Crippen LogP contribution in [0, 0.1) is 5.82 Å². The van der Waals surface area contributed by atoms with Gasteiger partial charge in [0.25, 0.3) is 0 Å². The normalized spacial score (nSPS) is 11.6. The lowest BCUT2D eigenvalue weighted by atomic mass is 10.2. The minimum Gasteiger partial charge on any atom is -0.392 e. The number of aliphatic hydroxyl groups excluding tert-OH is 1. The molecular formula is C15H14ClFO3S. The van der Waals surface area contributed by atoms with Crippen molar-refractivity contribution in [2.45, 2.75) is 18.1 Å². The quantitative estimate of drug-likeness (QED) is 0.917. The van der Waals surface area contributed by atoms with Gasteiger partial charge in [-0.2, -0.15) is 0 Å². The zero-order valence-electron chi connectivity index (χ0n) is 11.1. The Kier molecular flexibility index (Phi) is 4.98. The summed E-state index contributed by atoms with van der Waals surface area (Å²) in [4.78, 5) is 0. The first-order chi connectivity index (χ1) is 9.91. The van der Waals surface area contributed by atoms with Crippen molar-refractivity contribution in [3.05, 3.63) is 70.0 Å². The van der Waals surface area contributed by atoms with Crippen molar-refractivity contribution >= 4 is 21.4 Å². The van der Waals surface area contributed by atoms with Crippen LogP contribution in [0.1, 0.15) is 16.7 Å². The zero-order chi connectivity index (χ0) is 15.5. The molecule has 0 aliphatic carbocycles. The SMILES string of the molecule is O=S(=O)(Cc1ccc(CO)cc1)Cc1c(F)cccc1Cl. The van der Waals surface area contributed by atoms with E-state index < -0.39 is 21.4 Å². The number of hydrogen-bond acceptors (Lipinski definition) is 3. The zero-order valence-corrected chi connectivity index (χ0v) is 12.7. The summed E-state index contributed by atoms with van der Waals surface area (Å²) in [7, 11) is -3.54. The van der Waals surface area contributed by atoms with Crippen LogP contribution >= 0.6 is 11.6 Å². The highest BCUT2D eigenvalue weighted by atomic mass is 35.5. The van der Waals surface area contributed by atoms with Gasteiger partial charge in [0.15, 0.2) is 9.84 Å². The molecule has 21 heavy (non-hydrogen) atoms. The summed E-state index contributed by atoms with van der Waals surface area (Å²) >= 11 is 5.85. The Morgan fingerprint density at radius 2 is 1.62 bits per heavy atom. The molecule has 0 saturated heterocycles. The molecule has 3 nitrogen and oxygen atoms in total. The van der Waals surface area contributed by atoms with E-state index in [2.05, 4.69) is 0 Å². The first kappa shape index (κ1) is 15.9. The van der Waals surface area contributed by atoms with Crippen LogP contribution in [-0.4, -0.2) is 13.5 Å². The number of rotatable bonds is 5. The van der Waals surface area contributed by atoms with Gasteiger partial charge in [0.2, 0.25) is 0 Å². The Labute approximate surface area is 127 Å². The molecule has 0 radical (unpaired) electrons. The molecule has 0 saturated carbocycles. The molecule has 0 spiro atoms. The third-order valence-electron chi connectivity index (χ3n) is 3.02. The van der Waals surface area contributed by atoms with E-state index in [1.807, 2.05) is 0 Å². The average molecular weight is 329 g/mol. The average Bonchev–Trinajstić information content (AvgIpc) is 2.43. The molecular weight excluding hydrogens is 315 g/mol. The summed E-state index contributed by atoms with van der Waals surface area (Å²) in [5, 5.41) is 9.05. The molecule has 2 aromatic rings. The molecule has 112 valence electrons. The fourth-order valence-corrected chi connectivity index (χ4v) is 3.78. The molecule has 0 aliphatic rings. The van der Waals surface area contributed by atoms with Crippen LogP contribution in [0.25, 0.3) is 0 Å². The first-order valence-electron chi connectivity index (χ1n) is 6.23. The number of benzene rings is 2. The van der Waals surface area contributed by atoms with Crippen molar-refractivity contribution in [2.75, 3.05) is 0 Å². The number of sulfone groups is 1. The summed E-state index contributed by atoms with van der Waals surface area (Å²) in [6.45, 7) is -0.0993. The molecule has 2 aromatic carbocycles. The second kappa shape index (κ2) is 6.56. The summed E-state index contributed by atoms with van der Waals surface area (Å²) < 4.78 is 37.9. The van der Waals surface area contributed by atoms with Crippen molar-refractivity contribution in [1.29, 1.82) is 0 Å². The van der Waals surface area contributed by atoms with Crippen LogP contribution in [0.4, 0.5) is 4.39 Å². The highest BCUT2D eigenvalue weighted by Gasteiger charge is 2.18. The largest absolute Gasteiger partial charge is 0.392 e. The monoisotopic (exact) mass is 328 g/mol. The van der Waals surface area contributed by atoms with Gasteiger partial charge in [-0.05, 0) is 23.3 Å². The van der Waals surface area contributed by atoms with Gasteiger partial charge in [-0.15, -0.1) is 0 Å². The molecule has 0 atom stereocenters. The third-order valence-corrected chi connectivity index (χ3v) is 4.87. The van der Waals surface area contributed by atoms with Crippen molar-refractivity contribution in [3.8, 4) is 0 Å². The fourth-order valence-electron chi connectivity index (χ4n) is 1.94. The minimum atomic E-state index is -3.54. The smallest absolute Gasteiger partial charge is 0.158 e. The minimum absolute atomic E-state index is 0.00820. The standard InChI is InChI=1S/C15H14ClFO3S/c16-14-2-1-3-15(17)13(14)10-21(19,20)9-12-6-4-11(8-18)5-7-12/h1-7,18H,8-10H2. The molecule has 6 heteroatoms. The van der Waals surface area contributed by atoms with Crippen LogP contribution < -0.4 is 0 Å². The Hall–Kier alpha value is -1.43. The van der Waals surface area contributed by atoms with E-state index >= 15 is 0 Å². The molecule has 0 bridgehead atoms. The third kappa shape index (κ3) is 4.27. The molecule has 2 rings (SSSR count). The molecule has 0 fully saturated rings. The number of aliphatic hydroxyl groups is 1. The first-order valence-corrected chi connectivity index (χ1v) is 8.43. The fraction of sp³-hybridized carbons (Fsp3) is 0.200. The van der Waals surface area contributed by atoms with E-state index in [1.165, 1.54) is 18.2 Å². The van der Waals surface area contributed by atoms with Crippen LogP contribution in [0.5, 0.6) is 0 Å². The maximum Gasteiger partial charge on any atom is 0.158 e. The lowest BCUT2D eigenvalue weighted by Crippen LogP contribution is -2.09. The lowest BCUT2D eigenvalue weighted by Gasteiger charge is -2.08. The maximum absolute atomic E-state index is 13.6. The van der Waals surface area contributed by atoms with Crippen molar-refractivity contribution in [2.24, 2.45) is 0 Å². The van der Waals surface area contributed by atoms with Crippen LogP contribution in [0.15, 0.2) is 42.5 Å². The van der Waals surface area contributed by atoms with Gasteiger partial charge in [-0.25, -0.2) is 12.8 Å². The highest BCUT2D eigenvalue weighted by Crippen LogP contribution is 2.23. The summed E-state index contributed by atoms with van der Waals surface area (Å²) in [6.07, 6.45) is 0. The second-order valence-electron chi connectivity index (χ2n) is 4.71. The molecule has 0 heterocycles. The Morgan fingerprint density at radius 3 is 2.19 bits per heavy atom. The maximum atomic E-state index is 13.6. The van der Waals surface area contributed by atoms with E-state index in [0.29, 0.717) is 11.1 Å². The van der Waals surface area contributed by atoms with Gasteiger partial charge in [0, 0.05) is 10.6 Å². The predicted octanol–water partition coefficient (Wildman–Crippen LogP) is 3.09. The summed E-state index contributed by atoms with van der Waals surface area (Å²) in [5.41, 5.74) is 1.28. The van der Waals surface area contributed by atoms with E-state index in [0.717, 1.165) is 0 Å². The summed E-state index contributed by atoms with van der Waals surface area (Å²) in [5.74, 6) is -1.27.